The van der Waals surface area contributed by atoms with Crippen LogP contribution in [-0.2, 0) is 29.5 Å². The summed E-state index contributed by atoms with van der Waals surface area (Å²) in [6.07, 6.45) is 1.59. The summed E-state index contributed by atoms with van der Waals surface area (Å²) < 4.78 is 36.2. The predicted molar refractivity (Wildman–Crippen MR) is 136 cm³/mol. The van der Waals surface area contributed by atoms with Crippen LogP contribution in [0.1, 0.15) is 44.7 Å². The number of nitrogens with one attached hydrogen (secondary N) is 1. The molecule has 2 saturated heterocycles. The van der Waals surface area contributed by atoms with Gasteiger partial charge in [-0.05, 0) is 69.5 Å². The van der Waals surface area contributed by atoms with Crippen molar-refractivity contribution in [2.24, 2.45) is 0 Å². The first-order valence-electron chi connectivity index (χ1n) is 12.4. The normalized spacial score (nSPS) is 25.8. The molecule has 2 unspecified atom stereocenters. The molecule has 0 aliphatic carbocycles. The van der Waals surface area contributed by atoms with E-state index in [4.69, 9.17) is 9.47 Å². The number of fused-ring (bicyclic) bond motifs is 2. The molecule has 8 heteroatoms. The molecular formula is C27H34N2O5S. The molecular weight excluding hydrogens is 464 g/mol. The Morgan fingerprint density at radius 1 is 1.14 bits per heavy atom. The number of hydrogen-bond donors (Lipinski definition) is 1. The number of carbonyl (C=O) groups excluding carboxylic acids is 1. The third-order valence-electron chi connectivity index (χ3n) is 8.08. The summed E-state index contributed by atoms with van der Waals surface area (Å²) in [4.78, 5) is 15.3. The maximum absolute atomic E-state index is 12.9. The second-order valence-electron chi connectivity index (χ2n) is 10.4. The van der Waals surface area contributed by atoms with Gasteiger partial charge in [0.1, 0.15) is 17.1 Å². The summed E-state index contributed by atoms with van der Waals surface area (Å²) >= 11 is 0. The number of likely N-dealkylation sites (tertiary alicyclic amines) is 1. The molecule has 0 aromatic heterocycles. The molecule has 0 bridgehead atoms. The zero-order valence-electron chi connectivity index (χ0n) is 20.6. The van der Waals surface area contributed by atoms with E-state index in [1.54, 1.807) is 13.8 Å². The minimum absolute atomic E-state index is 0.121. The molecule has 7 nitrogen and oxygen atoms in total. The van der Waals surface area contributed by atoms with E-state index in [2.05, 4.69) is 23.2 Å². The van der Waals surface area contributed by atoms with Crippen LogP contribution in [0.15, 0.2) is 48.5 Å². The van der Waals surface area contributed by atoms with Crippen molar-refractivity contribution in [1.82, 2.24) is 4.90 Å². The number of para-hydroxylation sites is 1. The van der Waals surface area contributed by atoms with E-state index < -0.39 is 25.2 Å². The summed E-state index contributed by atoms with van der Waals surface area (Å²) in [5.74, 6) is 0.840. The van der Waals surface area contributed by atoms with E-state index in [1.807, 2.05) is 42.5 Å². The van der Waals surface area contributed by atoms with Gasteiger partial charge in [-0.3, -0.25) is 9.69 Å². The quantitative estimate of drug-likeness (QED) is 0.629. The highest BCUT2D eigenvalue weighted by Gasteiger charge is 2.53. The van der Waals surface area contributed by atoms with Crippen LogP contribution in [0.2, 0.25) is 0 Å². The number of rotatable bonds is 7. The van der Waals surface area contributed by atoms with Gasteiger partial charge in [-0.15, -0.1) is 0 Å². The lowest BCUT2D eigenvalue weighted by atomic mass is 9.71. The summed E-state index contributed by atoms with van der Waals surface area (Å²) in [5.41, 5.74) is 2.40. The maximum Gasteiger partial charge on any atom is 0.235 e. The fraction of sp³-hybridized carbons (Fsp3) is 0.519. The fourth-order valence-corrected chi connectivity index (χ4v) is 7.68. The van der Waals surface area contributed by atoms with E-state index in [1.165, 1.54) is 0 Å². The summed E-state index contributed by atoms with van der Waals surface area (Å²) in [7, 11) is -3.34. The molecule has 2 aromatic carbocycles. The molecule has 3 heterocycles. The highest BCUT2D eigenvalue weighted by atomic mass is 32.2. The number of ether oxygens (including phenoxy) is 2. The molecule has 0 radical (unpaired) electrons. The predicted octanol–water partition coefficient (Wildman–Crippen LogP) is 3.49. The van der Waals surface area contributed by atoms with Crippen LogP contribution in [-0.4, -0.2) is 63.4 Å². The third kappa shape index (κ3) is 3.86. The van der Waals surface area contributed by atoms with Crippen molar-refractivity contribution in [1.29, 1.82) is 0 Å². The number of nitrogens with zero attached hydrogens (tertiary/aromatic N) is 1. The number of sulfone groups is 1. The van der Waals surface area contributed by atoms with Crippen molar-refractivity contribution >= 4 is 21.4 Å². The largest absolute Gasteiger partial charge is 0.492 e. The Morgan fingerprint density at radius 3 is 2.49 bits per heavy atom. The number of amides is 1. The van der Waals surface area contributed by atoms with Crippen molar-refractivity contribution < 1.29 is 22.7 Å². The molecule has 2 fully saturated rings. The first-order chi connectivity index (χ1) is 16.7. The second kappa shape index (κ2) is 8.91. The standard InChI is InChI=1S/C27H34N2O5S/c1-19(2)35(31,32)27(17-33-18-27)21-8-10-22(11-9-21)34-15-14-29-13-12-26(16-20(29)3)23-6-4-5-7-24(23)28-25(26)30/h4-11,19-20H,12-18H2,1-3H3,(H,28,30). The van der Waals surface area contributed by atoms with Crippen LogP contribution in [0.4, 0.5) is 5.69 Å². The average Bonchev–Trinajstić information content (AvgIpc) is 3.06. The van der Waals surface area contributed by atoms with Crippen molar-refractivity contribution in [3.8, 4) is 5.75 Å². The summed E-state index contributed by atoms with van der Waals surface area (Å²) in [6, 6.07) is 15.7. The lowest BCUT2D eigenvalue weighted by Gasteiger charge is -2.42. The van der Waals surface area contributed by atoms with Gasteiger partial charge >= 0.3 is 0 Å². The van der Waals surface area contributed by atoms with Crippen molar-refractivity contribution in [3.05, 3.63) is 59.7 Å². The van der Waals surface area contributed by atoms with E-state index in [0.717, 1.165) is 48.5 Å². The fourth-order valence-electron chi connectivity index (χ4n) is 5.82. The number of anilines is 1. The van der Waals surface area contributed by atoms with Gasteiger partial charge in [0.25, 0.3) is 0 Å². The first kappa shape index (κ1) is 24.3. The number of hydrogen-bond acceptors (Lipinski definition) is 6. The van der Waals surface area contributed by atoms with Crippen molar-refractivity contribution in [3.63, 3.8) is 0 Å². The number of carbonyl (C=O) groups is 1. The SMILES string of the molecule is CC1CC2(CCN1CCOc1ccc(C3(S(=O)(=O)C(C)C)COC3)cc1)C(=O)Nc1ccccc12. The molecule has 1 spiro atoms. The first-order valence-corrected chi connectivity index (χ1v) is 13.9. The van der Waals surface area contributed by atoms with Gasteiger partial charge in [0.15, 0.2) is 9.84 Å². The Bertz CT molecular complexity index is 1210. The van der Waals surface area contributed by atoms with Gasteiger partial charge in [-0.1, -0.05) is 30.3 Å². The molecule has 3 aliphatic rings. The zero-order valence-corrected chi connectivity index (χ0v) is 21.4. The summed E-state index contributed by atoms with van der Waals surface area (Å²) in [5, 5.41) is 2.61. The van der Waals surface area contributed by atoms with Crippen LogP contribution in [0.25, 0.3) is 0 Å². The highest BCUT2D eigenvalue weighted by Crippen LogP contribution is 2.46. The Hall–Kier alpha value is -2.42. The van der Waals surface area contributed by atoms with Crippen molar-refractivity contribution in [2.75, 3.05) is 38.2 Å². The third-order valence-corrected chi connectivity index (χ3v) is 10.9. The van der Waals surface area contributed by atoms with Gasteiger partial charge in [-0.25, -0.2) is 8.42 Å². The zero-order chi connectivity index (χ0) is 24.8. The molecule has 35 heavy (non-hydrogen) atoms. The molecule has 0 saturated carbocycles. The van der Waals surface area contributed by atoms with E-state index >= 15 is 0 Å². The van der Waals surface area contributed by atoms with Crippen LogP contribution >= 0.6 is 0 Å². The van der Waals surface area contributed by atoms with Gasteiger partial charge in [0.05, 0.1) is 23.9 Å². The average molecular weight is 499 g/mol. The minimum Gasteiger partial charge on any atom is -0.492 e. The highest BCUT2D eigenvalue weighted by molar-refractivity contribution is 7.93. The van der Waals surface area contributed by atoms with E-state index in [9.17, 15) is 13.2 Å². The molecule has 5 rings (SSSR count). The molecule has 1 N–H and O–H groups in total. The van der Waals surface area contributed by atoms with Gasteiger partial charge in [0.2, 0.25) is 5.91 Å². The van der Waals surface area contributed by atoms with Gasteiger partial charge in [0, 0.05) is 18.3 Å². The Morgan fingerprint density at radius 2 is 1.86 bits per heavy atom. The van der Waals surface area contributed by atoms with Gasteiger partial charge < -0.3 is 14.8 Å². The lowest BCUT2D eigenvalue weighted by molar-refractivity contribution is -0.123. The Balaban J connectivity index is 1.18. The van der Waals surface area contributed by atoms with E-state index in [0.29, 0.717) is 6.61 Å². The maximum atomic E-state index is 12.9. The smallest absolute Gasteiger partial charge is 0.235 e. The molecule has 2 aromatic rings. The lowest BCUT2D eigenvalue weighted by Crippen LogP contribution is -2.55. The summed E-state index contributed by atoms with van der Waals surface area (Å²) in [6.45, 7) is 8.14. The Labute approximate surface area is 207 Å². The molecule has 2 atom stereocenters. The monoisotopic (exact) mass is 498 g/mol. The van der Waals surface area contributed by atoms with Crippen LogP contribution in [0.5, 0.6) is 5.75 Å². The topological polar surface area (TPSA) is 84.9 Å². The minimum atomic E-state index is -3.34. The molecule has 188 valence electrons. The molecule has 3 aliphatic heterocycles. The van der Waals surface area contributed by atoms with Crippen molar-refractivity contribution in [2.45, 2.75) is 55.1 Å². The van der Waals surface area contributed by atoms with Gasteiger partial charge in [-0.2, -0.15) is 0 Å². The number of benzene rings is 2. The number of piperidine rings is 1. The van der Waals surface area contributed by atoms with E-state index in [-0.39, 0.29) is 25.2 Å². The Kier molecular flexibility index (Phi) is 6.18. The van der Waals surface area contributed by atoms with Crippen LogP contribution < -0.4 is 10.1 Å². The molecule has 1 amide bonds. The second-order valence-corrected chi connectivity index (χ2v) is 13.2. The van der Waals surface area contributed by atoms with Crippen LogP contribution in [0.3, 0.4) is 0 Å². The van der Waals surface area contributed by atoms with Crippen LogP contribution in [0, 0.1) is 0 Å².